The van der Waals surface area contributed by atoms with Crippen LogP contribution >= 0.6 is 12.2 Å². The molecule has 4 rings (SSSR count). The third-order valence-corrected chi connectivity index (χ3v) is 5.91. The second kappa shape index (κ2) is 12.0. The van der Waals surface area contributed by atoms with Crippen LogP contribution in [0.4, 0.5) is 5.69 Å². The molecule has 0 saturated heterocycles. The number of aryl methyl sites for hydroxylation is 2. The number of rotatable bonds is 9. The third-order valence-electron chi connectivity index (χ3n) is 5.70. The van der Waals surface area contributed by atoms with Gasteiger partial charge in [-0.2, -0.15) is 0 Å². The standard InChI is InChI=1S/C29H31N3O6S/c1-6-35-23-13-18(14-24(36-7-2)26(23)37-8-3)27(34)32-29(39)30-19-9-10-22(33)20(15-19)28-31-21-12-16(4)11-17(5)25(21)38-28/h9-15,33H,6-8H2,1-5H3,(H2,30,32,34,39). The van der Waals surface area contributed by atoms with Crippen molar-refractivity contribution >= 4 is 40.0 Å². The lowest BCUT2D eigenvalue weighted by Crippen LogP contribution is -2.34. The first-order valence-corrected chi connectivity index (χ1v) is 13.0. The maximum absolute atomic E-state index is 13.1. The van der Waals surface area contributed by atoms with Crippen molar-refractivity contribution in [3.63, 3.8) is 0 Å². The summed E-state index contributed by atoms with van der Waals surface area (Å²) < 4.78 is 23.1. The largest absolute Gasteiger partial charge is 0.507 e. The predicted octanol–water partition coefficient (Wildman–Crippen LogP) is 6.14. The molecule has 9 nitrogen and oxygen atoms in total. The van der Waals surface area contributed by atoms with Gasteiger partial charge in [-0.15, -0.1) is 0 Å². The Labute approximate surface area is 232 Å². The second-order valence-electron chi connectivity index (χ2n) is 8.69. The smallest absolute Gasteiger partial charge is 0.257 e. The van der Waals surface area contributed by atoms with Gasteiger partial charge in [0.25, 0.3) is 5.91 Å². The van der Waals surface area contributed by atoms with Crippen LogP contribution in [-0.4, -0.2) is 40.9 Å². The summed E-state index contributed by atoms with van der Waals surface area (Å²) in [4.78, 5) is 17.6. The fraction of sp³-hybridized carbons (Fsp3) is 0.276. The van der Waals surface area contributed by atoms with Crippen molar-refractivity contribution in [1.29, 1.82) is 0 Å². The van der Waals surface area contributed by atoms with Gasteiger partial charge in [0.05, 0.1) is 25.4 Å². The first kappa shape index (κ1) is 27.7. The number of nitrogens with zero attached hydrogens (tertiary/aromatic N) is 1. The summed E-state index contributed by atoms with van der Waals surface area (Å²) >= 11 is 5.39. The molecular formula is C29H31N3O6S. The van der Waals surface area contributed by atoms with Crippen molar-refractivity contribution in [1.82, 2.24) is 10.3 Å². The van der Waals surface area contributed by atoms with Crippen LogP contribution in [-0.2, 0) is 0 Å². The zero-order valence-corrected chi connectivity index (χ0v) is 23.3. The first-order valence-electron chi connectivity index (χ1n) is 12.6. The van der Waals surface area contributed by atoms with Crippen LogP contribution in [0.3, 0.4) is 0 Å². The van der Waals surface area contributed by atoms with E-state index in [1.807, 2.05) is 46.8 Å². The fourth-order valence-electron chi connectivity index (χ4n) is 4.13. The molecule has 0 spiro atoms. The number of phenols is 1. The highest BCUT2D eigenvalue weighted by atomic mass is 32.1. The van der Waals surface area contributed by atoms with E-state index in [0.29, 0.717) is 59.4 Å². The predicted molar refractivity (Wildman–Crippen MR) is 154 cm³/mol. The quantitative estimate of drug-likeness (QED) is 0.167. The molecule has 3 aromatic carbocycles. The van der Waals surface area contributed by atoms with E-state index in [1.165, 1.54) is 6.07 Å². The summed E-state index contributed by atoms with van der Waals surface area (Å²) in [6.45, 7) is 10.7. The Morgan fingerprint density at radius 2 is 1.64 bits per heavy atom. The van der Waals surface area contributed by atoms with Gasteiger partial charge in [-0.05, 0) is 94.4 Å². The summed E-state index contributed by atoms with van der Waals surface area (Å²) in [6, 6.07) is 11.9. The molecule has 1 amide bonds. The lowest BCUT2D eigenvalue weighted by molar-refractivity contribution is 0.0976. The molecule has 4 aromatic rings. The summed E-state index contributed by atoms with van der Waals surface area (Å²) in [5, 5.41) is 16.2. The molecule has 3 N–H and O–H groups in total. The Balaban J connectivity index is 1.55. The zero-order valence-electron chi connectivity index (χ0n) is 22.5. The summed E-state index contributed by atoms with van der Waals surface area (Å²) in [6.07, 6.45) is 0. The van der Waals surface area contributed by atoms with Gasteiger partial charge in [-0.3, -0.25) is 10.1 Å². The highest BCUT2D eigenvalue weighted by molar-refractivity contribution is 7.80. The number of amides is 1. The Morgan fingerprint density at radius 1 is 0.974 bits per heavy atom. The Morgan fingerprint density at radius 3 is 2.28 bits per heavy atom. The minimum atomic E-state index is -0.457. The molecule has 204 valence electrons. The maximum Gasteiger partial charge on any atom is 0.257 e. The zero-order chi connectivity index (χ0) is 28.1. The summed E-state index contributed by atoms with van der Waals surface area (Å²) in [7, 11) is 0. The average molecular weight is 550 g/mol. The van der Waals surface area contributed by atoms with Crippen LogP contribution in [0.1, 0.15) is 42.3 Å². The number of nitrogens with one attached hydrogen (secondary N) is 2. The van der Waals surface area contributed by atoms with E-state index in [-0.39, 0.29) is 22.3 Å². The van der Waals surface area contributed by atoms with Crippen LogP contribution in [0.5, 0.6) is 23.0 Å². The number of benzene rings is 3. The molecule has 0 bridgehead atoms. The van der Waals surface area contributed by atoms with Crippen LogP contribution in [0.15, 0.2) is 46.9 Å². The van der Waals surface area contributed by atoms with E-state index in [2.05, 4.69) is 15.6 Å². The van der Waals surface area contributed by atoms with E-state index in [0.717, 1.165) is 11.1 Å². The number of hydrogen-bond donors (Lipinski definition) is 3. The number of aromatic hydroxyl groups is 1. The van der Waals surface area contributed by atoms with Crippen molar-refractivity contribution in [2.24, 2.45) is 0 Å². The maximum atomic E-state index is 13.1. The van der Waals surface area contributed by atoms with E-state index in [4.69, 9.17) is 30.8 Å². The van der Waals surface area contributed by atoms with E-state index in [9.17, 15) is 9.90 Å². The molecule has 39 heavy (non-hydrogen) atoms. The molecule has 0 unspecified atom stereocenters. The lowest BCUT2D eigenvalue weighted by atomic mass is 10.1. The van der Waals surface area contributed by atoms with E-state index in [1.54, 1.807) is 24.3 Å². The van der Waals surface area contributed by atoms with Crippen LogP contribution in [0, 0.1) is 13.8 Å². The number of hydrogen-bond acceptors (Lipinski definition) is 8. The lowest BCUT2D eigenvalue weighted by Gasteiger charge is -2.17. The van der Waals surface area contributed by atoms with Gasteiger partial charge in [0.2, 0.25) is 11.6 Å². The third kappa shape index (κ3) is 6.23. The van der Waals surface area contributed by atoms with Crippen LogP contribution < -0.4 is 24.8 Å². The molecule has 0 aliphatic rings. The van der Waals surface area contributed by atoms with Gasteiger partial charge in [0.15, 0.2) is 22.2 Å². The number of fused-ring (bicyclic) bond motifs is 1. The molecule has 10 heteroatoms. The molecular weight excluding hydrogens is 518 g/mol. The molecule has 0 saturated carbocycles. The molecule has 0 aliphatic heterocycles. The van der Waals surface area contributed by atoms with Gasteiger partial charge in [-0.25, -0.2) is 4.98 Å². The molecule has 0 aliphatic carbocycles. The molecule has 0 fully saturated rings. The highest BCUT2D eigenvalue weighted by Gasteiger charge is 2.20. The minimum absolute atomic E-state index is 0.00210. The van der Waals surface area contributed by atoms with Crippen molar-refractivity contribution in [3.8, 4) is 34.5 Å². The number of anilines is 1. The summed E-state index contributed by atoms with van der Waals surface area (Å²) in [5.74, 6) is 1.07. The van der Waals surface area contributed by atoms with E-state index < -0.39 is 5.91 Å². The average Bonchev–Trinajstić information content (AvgIpc) is 3.31. The number of thiocarbonyl (C=S) groups is 1. The highest BCUT2D eigenvalue weighted by Crippen LogP contribution is 2.39. The Hall–Kier alpha value is -4.31. The number of carbonyl (C=O) groups is 1. The monoisotopic (exact) mass is 549 g/mol. The Bertz CT molecular complexity index is 1500. The molecule has 1 heterocycles. The first-order chi connectivity index (χ1) is 18.7. The second-order valence-corrected chi connectivity index (χ2v) is 9.10. The van der Waals surface area contributed by atoms with Crippen molar-refractivity contribution in [2.75, 3.05) is 25.1 Å². The molecule has 1 aromatic heterocycles. The molecule has 0 atom stereocenters. The number of carbonyl (C=O) groups excluding carboxylic acids is 1. The Kier molecular flexibility index (Phi) is 8.55. The van der Waals surface area contributed by atoms with Crippen molar-refractivity contribution in [2.45, 2.75) is 34.6 Å². The molecule has 0 radical (unpaired) electrons. The van der Waals surface area contributed by atoms with Gasteiger partial charge < -0.3 is 29.1 Å². The van der Waals surface area contributed by atoms with Gasteiger partial charge in [0.1, 0.15) is 11.3 Å². The van der Waals surface area contributed by atoms with Gasteiger partial charge >= 0.3 is 0 Å². The van der Waals surface area contributed by atoms with Gasteiger partial charge in [0, 0.05) is 11.3 Å². The van der Waals surface area contributed by atoms with Gasteiger partial charge in [-0.1, -0.05) is 6.07 Å². The number of ether oxygens (including phenoxy) is 3. The van der Waals surface area contributed by atoms with Crippen LogP contribution in [0.2, 0.25) is 0 Å². The SMILES string of the molecule is CCOc1cc(C(=O)NC(=S)Nc2ccc(O)c(-c3nc4cc(C)cc(C)c4o3)c2)cc(OCC)c1OCC. The minimum Gasteiger partial charge on any atom is -0.507 e. The van der Waals surface area contributed by atoms with Crippen molar-refractivity contribution in [3.05, 3.63) is 59.2 Å². The number of oxazole rings is 1. The normalized spacial score (nSPS) is 10.8. The fourth-order valence-corrected chi connectivity index (χ4v) is 4.34. The number of phenolic OH excluding ortho intramolecular Hbond substituents is 1. The van der Waals surface area contributed by atoms with E-state index >= 15 is 0 Å². The van der Waals surface area contributed by atoms with Crippen LogP contribution in [0.25, 0.3) is 22.6 Å². The summed E-state index contributed by atoms with van der Waals surface area (Å²) in [5.41, 5.74) is 4.58. The number of aromatic nitrogens is 1. The topological polar surface area (TPSA) is 115 Å². The van der Waals surface area contributed by atoms with Crippen molar-refractivity contribution < 1.29 is 28.5 Å².